The number of amides is 3. The fourth-order valence-electron chi connectivity index (χ4n) is 6.79. The summed E-state index contributed by atoms with van der Waals surface area (Å²) >= 11 is 7.30. The monoisotopic (exact) mass is 627 g/mol. The van der Waals surface area contributed by atoms with Crippen LogP contribution in [-0.4, -0.2) is 64.4 Å². The van der Waals surface area contributed by atoms with E-state index in [4.69, 9.17) is 11.6 Å². The van der Waals surface area contributed by atoms with Gasteiger partial charge in [0.05, 0.1) is 11.8 Å². The molecule has 1 N–H and O–H groups in total. The summed E-state index contributed by atoms with van der Waals surface area (Å²) in [7, 11) is 0. The first kappa shape index (κ1) is 30.3. The molecule has 1 aliphatic carbocycles. The standard InChI is InChI=1S/C33H36ClF2N3O3S/c1-32(2)13-11-21(26(16-32)20-3-5-23(34)6-4-20)17-38-14-12-28(33(35,36)19-38)43-24-7-8-25-22(15-24)18-39(31(25)42)27-9-10-29(40)37-30(27)41/h3-8,15,27-28H,9-14,16-19H2,1-2H3,(H,37,40,41). The average Bonchev–Trinajstić information content (AvgIpc) is 3.26. The summed E-state index contributed by atoms with van der Waals surface area (Å²) in [5.74, 6) is -3.95. The van der Waals surface area contributed by atoms with E-state index < -0.39 is 23.1 Å². The second kappa shape index (κ2) is 11.6. The Morgan fingerprint density at radius 2 is 1.81 bits per heavy atom. The number of halogens is 3. The van der Waals surface area contributed by atoms with Gasteiger partial charge in [-0.25, -0.2) is 8.78 Å². The number of benzene rings is 2. The molecule has 3 aliphatic heterocycles. The first-order chi connectivity index (χ1) is 20.4. The minimum atomic E-state index is -2.88. The third kappa shape index (κ3) is 6.40. The van der Waals surface area contributed by atoms with Crippen LogP contribution < -0.4 is 5.32 Å². The highest BCUT2D eigenvalue weighted by Crippen LogP contribution is 2.45. The molecule has 2 saturated heterocycles. The molecular weight excluding hydrogens is 592 g/mol. The molecule has 10 heteroatoms. The van der Waals surface area contributed by atoms with Crippen LogP contribution in [0.3, 0.4) is 0 Å². The molecule has 0 aromatic heterocycles. The van der Waals surface area contributed by atoms with Crippen LogP contribution in [0.2, 0.25) is 5.02 Å². The quantitative estimate of drug-likeness (QED) is 0.367. The molecule has 6 rings (SSSR count). The van der Waals surface area contributed by atoms with E-state index in [0.717, 1.165) is 30.4 Å². The van der Waals surface area contributed by atoms with Crippen molar-refractivity contribution in [2.24, 2.45) is 5.41 Å². The first-order valence-electron chi connectivity index (χ1n) is 14.9. The molecule has 0 saturated carbocycles. The van der Waals surface area contributed by atoms with Crippen molar-refractivity contribution in [2.45, 2.75) is 81.0 Å². The van der Waals surface area contributed by atoms with Crippen molar-refractivity contribution in [3.63, 3.8) is 0 Å². The predicted octanol–water partition coefficient (Wildman–Crippen LogP) is 6.57. The molecular formula is C33H36ClF2N3O3S. The third-order valence-electron chi connectivity index (χ3n) is 9.18. The molecule has 2 aromatic carbocycles. The zero-order valence-corrected chi connectivity index (χ0v) is 26.0. The molecule has 2 atom stereocenters. The van der Waals surface area contributed by atoms with E-state index in [1.807, 2.05) is 29.2 Å². The second-order valence-corrected chi connectivity index (χ2v) is 14.7. The number of nitrogens with one attached hydrogen (secondary N) is 1. The first-order valence-corrected chi connectivity index (χ1v) is 16.2. The summed E-state index contributed by atoms with van der Waals surface area (Å²) in [4.78, 5) is 41.0. The minimum Gasteiger partial charge on any atom is -0.322 e. The molecule has 3 amide bonds. The van der Waals surface area contributed by atoms with E-state index >= 15 is 8.78 Å². The number of imide groups is 1. The van der Waals surface area contributed by atoms with Crippen molar-refractivity contribution in [2.75, 3.05) is 19.6 Å². The molecule has 2 fully saturated rings. The van der Waals surface area contributed by atoms with E-state index in [0.29, 0.717) is 35.0 Å². The van der Waals surface area contributed by atoms with Crippen molar-refractivity contribution < 1.29 is 23.2 Å². The lowest BCUT2D eigenvalue weighted by atomic mass is 9.72. The topological polar surface area (TPSA) is 69.7 Å². The number of hydrogen-bond donors (Lipinski definition) is 1. The molecule has 228 valence electrons. The number of rotatable bonds is 6. The van der Waals surface area contributed by atoms with Crippen LogP contribution in [-0.2, 0) is 16.1 Å². The zero-order valence-electron chi connectivity index (χ0n) is 24.4. The lowest BCUT2D eigenvalue weighted by Crippen LogP contribution is -2.52. The zero-order chi connectivity index (χ0) is 30.5. The summed E-state index contributed by atoms with van der Waals surface area (Å²) in [6.07, 6.45) is 3.66. The van der Waals surface area contributed by atoms with E-state index in [9.17, 15) is 14.4 Å². The molecule has 4 aliphatic rings. The number of nitrogens with zero attached hydrogens (tertiary/aromatic N) is 2. The number of piperidine rings is 2. The Morgan fingerprint density at radius 3 is 2.53 bits per heavy atom. The van der Waals surface area contributed by atoms with E-state index in [2.05, 4.69) is 19.2 Å². The average molecular weight is 628 g/mol. The fourth-order valence-corrected chi connectivity index (χ4v) is 8.07. The number of hydrogen-bond acceptors (Lipinski definition) is 5. The highest BCUT2D eigenvalue weighted by molar-refractivity contribution is 8.00. The van der Waals surface area contributed by atoms with E-state index in [1.54, 1.807) is 18.2 Å². The number of carbonyl (C=O) groups is 3. The van der Waals surface area contributed by atoms with Gasteiger partial charge in [-0.3, -0.25) is 24.6 Å². The van der Waals surface area contributed by atoms with Gasteiger partial charge in [0.25, 0.3) is 11.8 Å². The van der Waals surface area contributed by atoms with Crippen LogP contribution in [0, 0.1) is 5.41 Å². The predicted molar refractivity (Wildman–Crippen MR) is 164 cm³/mol. The molecule has 0 radical (unpaired) electrons. The Balaban J connectivity index is 1.12. The van der Waals surface area contributed by atoms with Gasteiger partial charge >= 0.3 is 0 Å². The maximum atomic E-state index is 15.6. The second-order valence-electron chi connectivity index (χ2n) is 13.0. The molecule has 43 heavy (non-hydrogen) atoms. The molecule has 2 aromatic rings. The van der Waals surface area contributed by atoms with Crippen LogP contribution in [0.25, 0.3) is 5.57 Å². The summed E-state index contributed by atoms with van der Waals surface area (Å²) < 4.78 is 31.3. The van der Waals surface area contributed by atoms with Crippen LogP contribution in [0.5, 0.6) is 0 Å². The Morgan fingerprint density at radius 1 is 1.05 bits per heavy atom. The maximum Gasteiger partial charge on any atom is 0.272 e. The number of fused-ring (bicyclic) bond motifs is 1. The maximum absolute atomic E-state index is 15.6. The minimum absolute atomic E-state index is 0.158. The highest BCUT2D eigenvalue weighted by atomic mass is 35.5. The Labute approximate surface area is 260 Å². The van der Waals surface area contributed by atoms with Gasteiger partial charge in [-0.15, -0.1) is 11.8 Å². The lowest BCUT2D eigenvalue weighted by Gasteiger charge is -2.40. The van der Waals surface area contributed by atoms with Gasteiger partial charge in [-0.2, -0.15) is 0 Å². The Kier molecular flexibility index (Phi) is 8.20. The lowest BCUT2D eigenvalue weighted by molar-refractivity contribution is -0.136. The van der Waals surface area contributed by atoms with Crippen molar-refractivity contribution in [3.8, 4) is 0 Å². The third-order valence-corrected chi connectivity index (χ3v) is 10.8. The van der Waals surface area contributed by atoms with E-state index in [1.165, 1.54) is 27.8 Å². The summed E-state index contributed by atoms with van der Waals surface area (Å²) in [5.41, 5.74) is 4.99. The Hall–Kier alpha value is -2.75. The normalized spacial score (nSPS) is 25.6. The fraction of sp³-hybridized carbons (Fsp3) is 0.485. The van der Waals surface area contributed by atoms with Crippen molar-refractivity contribution in [1.29, 1.82) is 0 Å². The van der Waals surface area contributed by atoms with Gasteiger partial charge in [0.1, 0.15) is 6.04 Å². The van der Waals surface area contributed by atoms with Gasteiger partial charge in [-0.05, 0) is 84.6 Å². The van der Waals surface area contributed by atoms with Gasteiger partial charge in [0.2, 0.25) is 11.8 Å². The molecule has 2 unspecified atom stereocenters. The van der Waals surface area contributed by atoms with Crippen molar-refractivity contribution in [3.05, 3.63) is 69.8 Å². The van der Waals surface area contributed by atoms with Crippen LogP contribution >= 0.6 is 23.4 Å². The van der Waals surface area contributed by atoms with Crippen LogP contribution in [0.4, 0.5) is 8.78 Å². The van der Waals surface area contributed by atoms with Crippen molar-refractivity contribution >= 4 is 46.7 Å². The molecule has 0 spiro atoms. The van der Waals surface area contributed by atoms with Crippen LogP contribution in [0.15, 0.2) is 52.9 Å². The van der Waals surface area contributed by atoms with Crippen LogP contribution in [0.1, 0.15) is 73.9 Å². The number of alkyl halides is 2. The van der Waals surface area contributed by atoms with Gasteiger partial charge in [-0.1, -0.05) is 43.2 Å². The smallest absolute Gasteiger partial charge is 0.272 e. The summed E-state index contributed by atoms with van der Waals surface area (Å²) in [6, 6.07) is 12.4. The number of allylic oxidation sites excluding steroid dienone is 1. The Bertz CT molecular complexity index is 1490. The highest BCUT2D eigenvalue weighted by Gasteiger charge is 2.46. The largest absolute Gasteiger partial charge is 0.322 e. The van der Waals surface area contributed by atoms with Crippen molar-refractivity contribution in [1.82, 2.24) is 15.1 Å². The molecule has 0 bridgehead atoms. The summed E-state index contributed by atoms with van der Waals surface area (Å²) in [5, 5.41) is 2.11. The SMILES string of the molecule is CC1(C)CCC(CN2CCC(Sc3ccc4c(c3)CN(C3CCC(=O)NC3=O)C4=O)C(F)(F)C2)=C(c2ccc(Cl)cc2)C1. The van der Waals surface area contributed by atoms with Gasteiger partial charge < -0.3 is 4.90 Å². The number of thioether (sulfide) groups is 1. The van der Waals surface area contributed by atoms with Gasteiger partial charge in [0, 0.05) is 41.5 Å². The van der Waals surface area contributed by atoms with Gasteiger partial charge in [0.15, 0.2) is 0 Å². The van der Waals surface area contributed by atoms with E-state index in [-0.39, 0.29) is 43.2 Å². The summed E-state index contributed by atoms with van der Waals surface area (Å²) in [6.45, 7) is 5.58. The number of likely N-dealkylation sites (tertiary alicyclic amines) is 1. The number of carbonyl (C=O) groups excluding carboxylic acids is 3. The molecule has 3 heterocycles. The molecule has 6 nitrogen and oxygen atoms in total.